The van der Waals surface area contributed by atoms with Crippen molar-refractivity contribution >= 4 is 0 Å². The number of nitrogens with two attached hydrogens (primary N) is 1. The molecule has 0 saturated heterocycles. The Morgan fingerprint density at radius 2 is 1.94 bits per heavy atom. The second kappa shape index (κ2) is 5.23. The van der Waals surface area contributed by atoms with Crippen molar-refractivity contribution in [3.05, 3.63) is 41.7 Å². The molecular weight excluding hydrogens is 226 g/mol. The van der Waals surface area contributed by atoms with Crippen LogP contribution in [0.5, 0.6) is 5.75 Å². The van der Waals surface area contributed by atoms with Crippen molar-refractivity contribution in [3.8, 4) is 11.4 Å². The Kier molecular flexibility index (Phi) is 3.67. The lowest BCUT2D eigenvalue weighted by Gasteiger charge is -2.12. The van der Waals surface area contributed by atoms with E-state index in [2.05, 4.69) is 18.9 Å². The van der Waals surface area contributed by atoms with Crippen molar-refractivity contribution in [3.63, 3.8) is 0 Å². The van der Waals surface area contributed by atoms with Crippen LogP contribution in [0.1, 0.15) is 31.0 Å². The Labute approximate surface area is 107 Å². The van der Waals surface area contributed by atoms with Gasteiger partial charge in [-0.25, -0.2) is 4.68 Å². The van der Waals surface area contributed by atoms with Crippen molar-refractivity contribution in [2.45, 2.75) is 26.3 Å². The summed E-state index contributed by atoms with van der Waals surface area (Å²) in [5.41, 5.74) is 9.05. The largest absolute Gasteiger partial charge is 0.497 e. The minimum atomic E-state index is 0.383. The van der Waals surface area contributed by atoms with Gasteiger partial charge in [0.2, 0.25) is 0 Å². The van der Waals surface area contributed by atoms with Crippen LogP contribution >= 0.6 is 0 Å². The fourth-order valence-electron chi connectivity index (χ4n) is 2.09. The maximum Gasteiger partial charge on any atom is 0.119 e. The smallest absolute Gasteiger partial charge is 0.119 e. The molecule has 0 spiro atoms. The van der Waals surface area contributed by atoms with Gasteiger partial charge in [-0.1, -0.05) is 13.8 Å². The standard InChI is InChI=1S/C14H19N3O/c1-10(2)14-11(8-15)9-16-17(14)12-4-6-13(18-3)7-5-12/h4-7,9-10H,8,15H2,1-3H3. The third-order valence-corrected chi connectivity index (χ3v) is 2.97. The molecule has 96 valence electrons. The maximum absolute atomic E-state index is 5.75. The SMILES string of the molecule is COc1ccc(-n2ncc(CN)c2C(C)C)cc1. The molecular formula is C14H19N3O. The first-order valence-corrected chi connectivity index (χ1v) is 6.08. The topological polar surface area (TPSA) is 53.1 Å². The summed E-state index contributed by atoms with van der Waals surface area (Å²) in [6.07, 6.45) is 1.85. The fourth-order valence-corrected chi connectivity index (χ4v) is 2.09. The second-order valence-electron chi connectivity index (χ2n) is 4.52. The van der Waals surface area contributed by atoms with Gasteiger partial charge in [0.25, 0.3) is 0 Å². The summed E-state index contributed by atoms with van der Waals surface area (Å²) in [7, 11) is 1.66. The van der Waals surface area contributed by atoms with Crippen LogP contribution in [-0.4, -0.2) is 16.9 Å². The molecule has 0 aliphatic rings. The molecule has 1 aromatic carbocycles. The van der Waals surface area contributed by atoms with Gasteiger partial charge in [-0.2, -0.15) is 5.10 Å². The fraction of sp³-hybridized carbons (Fsp3) is 0.357. The molecule has 2 rings (SSSR count). The molecule has 0 aliphatic heterocycles. The normalized spacial score (nSPS) is 10.9. The molecule has 4 nitrogen and oxygen atoms in total. The molecule has 0 amide bonds. The summed E-state index contributed by atoms with van der Waals surface area (Å²) in [5, 5.41) is 4.43. The molecule has 0 saturated carbocycles. The van der Waals surface area contributed by atoms with E-state index in [-0.39, 0.29) is 0 Å². The highest BCUT2D eigenvalue weighted by Crippen LogP contribution is 2.23. The van der Waals surface area contributed by atoms with Gasteiger partial charge < -0.3 is 10.5 Å². The Bertz CT molecular complexity index is 514. The third kappa shape index (κ3) is 2.24. The number of hydrogen-bond acceptors (Lipinski definition) is 3. The van der Waals surface area contributed by atoms with Crippen molar-refractivity contribution in [1.29, 1.82) is 0 Å². The summed E-state index contributed by atoms with van der Waals surface area (Å²) < 4.78 is 7.11. The number of ether oxygens (including phenoxy) is 1. The predicted octanol–water partition coefficient (Wildman–Crippen LogP) is 2.46. The number of rotatable bonds is 4. The van der Waals surface area contributed by atoms with Crippen molar-refractivity contribution < 1.29 is 4.74 Å². The Morgan fingerprint density at radius 3 is 2.44 bits per heavy atom. The minimum absolute atomic E-state index is 0.383. The number of methoxy groups -OCH3 is 1. The maximum atomic E-state index is 5.75. The van der Waals surface area contributed by atoms with Crippen molar-refractivity contribution in [2.24, 2.45) is 5.73 Å². The highest BCUT2D eigenvalue weighted by molar-refractivity contribution is 5.40. The van der Waals surface area contributed by atoms with Gasteiger partial charge >= 0.3 is 0 Å². The second-order valence-corrected chi connectivity index (χ2v) is 4.52. The van der Waals surface area contributed by atoms with Gasteiger partial charge in [-0.05, 0) is 30.2 Å². The highest BCUT2D eigenvalue weighted by atomic mass is 16.5. The first-order valence-electron chi connectivity index (χ1n) is 6.08. The summed E-state index contributed by atoms with van der Waals surface area (Å²) in [6, 6.07) is 7.86. The molecule has 4 heteroatoms. The zero-order chi connectivity index (χ0) is 13.1. The van der Waals surface area contributed by atoms with Gasteiger partial charge in [0.15, 0.2) is 0 Å². The molecule has 0 atom stereocenters. The van der Waals surface area contributed by atoms with Crippen molar-refractivity contribution in [1.82, 2.24) is 9.78 Å². The van der Waals surface area contributed by atoms with Crippen LogP contribution in [0.2, 0.25) is 0 Å². The highest BCUT2D eigenvalue weighted by Gasteiger charge is 2.14. The molecule has 0 bridgehead atoms. The van der Waals surface area contributed by atoms with E-state index >= 15 is 0 Å². The van der Waals surface area contributed by atoms with E-state index in [0.29, 0.717) is 12.5 Å². The first-order chi connectivity index (χ1) is 8.67. The number of benzene rings is 1. The quantitative estimate of drug-likeness (QED) is 0.900. The molecule has 0 fully saturated rings. The summed E-state index contributed by atoms with van der Waals surface area (Å²) in [4.78, 5) is 0. The van der Waals surface area contributed by atoms with Crippen LogP contribution in [0.15, 0.2) is 30.5 Å². The van der Waals surface area contributed by atoms with Crippen LogP contribution < -0.4 is 10.5 Å². The lowest BCUT2D eigenvalue weighted by molar-refractivity contribution is 0.414. The van der Waals surface area contributed by atoms with Gasteiger partial charge in [-0.15, -0.1) is 0 Å². The summed E-state index contributed by atoms with van der Waals surface area (Å²) in [5.74, 6) is 1.23. The monoisotopic (exact) mass is 245 g/mol. The number of nitrogens with zero attached hydrogens (tertiary/aromatic N) is 2. The van der Waals surface area contributed by atoms with E-state index in [4.69, 9.17) is 10.5 Å². The predicted molar refractivity (Wildman–Crippen MR) is 72.1 cm³/mol. The molecule has 2 N–H and O–H groups in total. The van der Waals surface area contributed by atoms with E-state index < -0.39 is 0 Å². The number of hydrogen-bond donors (Lipinski definition) is 1. The van der Waals surface area contributed by atoms with Gasteiger partial charge in [0.05, 0.1) is 24.7 Å². The average molecular weight is 245 g/mol. The van der Waals surface area contributed by atoms with Crippen LogP contribution in [-0.2, 0) is 6.54 Å². The number of aromatic nitrogens is 2. The minimum Gasteiger partial charge on any atom is -0.497 e. The van der Waals surface area contributed by atoms with Crippen LogP contribution in [0, 0.1) is 0 Å². The van der Waals surface area contributed by atoms with Crippen LogP contribution in [0.25, 0.3) is 5.69 Å². The molecule has 18 heavy (non-hydrogen) atoms. The average Bonchev–Trinajstić information content (AvgIpc) is 2.82. The van der Waals surface area contributed by atoms with Gasteiger partial charge in [0.1, 0.15) is 5.75 Å². The zero-order valence-corrected chi connectivity index (χ0v) is 11.1. The van der Waals surface area contributed by atoms with Crippen LogP contribution in [0.3, 0.4) is 0 Å². The van der Waals surface area contributed by atoms with E-state index in [1.54, 1.807) is 7.11 Å². The zero-order valence-electron chi connectivity index (χ0n) is 11.1. The molecule has 1 heterocycles. The van der Waals surface area contributed by atoms with E-state index in [1.807, 2.05) is 35.1 Å². The summed E-state index contributed by atoms with van der Waals surface area (Å²) >= 11 is 0. The Balaban J connectivity index is 2.46. The first kappa shape index (κ1) is 12.6. The third-order valence-electron chi connectivity index (χ3n) is 2.97. The molecule has 0 aliphatic carbocycles. The van der Waals surface area contributed by atoms with E-state index in [0.717, 1.165) is 17.0 Å². The summed E-state index contributed by atoms with van der Waals surface area (Å²) in [6.45, 7) is 4.82. The Hall–Kier alpha value is -1.81. The lowest BCUT2D eigenvalue weighted by atomic mass is 10.1. The molecule has 0 radical (unpaired) electrons. The molecule has 1 aromatic heterocycles. The molecule has 2 aromatic rings. The Morgan fingerprint density at radius 1 is 1.28 bits per heavy atom. The lowest BCUT2D eigenvalue weighted by Crippen LogP contribution is -2.07. The van der Waals surface area contributed by atoms with Gasteiger partial charge in [0, 0.05) is 12.1 Å². The van der Waals surface area contributed by atoms with E-state index in [1.165, 1.54) is 5.69 Å². The van der Waals surface area contributed by atoms with E-state index in [9.17, 15) is 0 Å². The molecule has 0 unspecified atom stereocenters. The van der Waals surface area contributed by atoms with Gasteiger partial charge in [-0.3, -0.25) is 0 Å². The van der Waals surface area contributed by atoms with Crippen molar-refractivity contribution in [2.75, 3.05) is 7.11 Å². The van der Waals surface area contributed by atoms with Crippen LogP contribution in [0.4, 0.5) is 0 Å².